The topological polar surface area (TPSA) is 46.5 Å². The Balaban J connectivity index is 2.17. The molecule has 0 saturated heterocycles. The van der Waals surface area contributed by atoms with Crippen molar-refractivity contribution in [3.8, 4) is 5.75 Å². The number of carboxylic acids is 1. The van der Waals surface area contributed by atoms with E-state index in [1.165, 1.54) is 0 Å². The van der Waals surface area contributed by atoms with E-state index in [4.69, 9.17) is 4.74 Å². The molecule has 2 aromatic carbocycles. The summed E-state index contributed by atoms with van der Waals surface area (Å²) in [5, 5.41) is 9.54. The van der Waals surface area contributed by atoms with E-state index in [1.807, 2.05) is 61.5 Å². The number of aliphatic carboxylic acids is 1. The Bertz CT molecular complexity index is 575. The molecule has 0 aliphatic rings. The second-order valence-electron chi connectivity index (χ2n) is 5.20. The van der Waals surface area contributed by atoms with Gasteiger partial charge in [0.25, 0.3) is 0 Å². The standard InChI is InChI=1S/C18H20O3/c1-13(15-6-4-3-5-7-15)17(18(19)20)12-14-8-10-16(21-2)11-9-14/h3-11,13,17H,12H2,1-2H3,(H,19,20). The normalized spacial score (nSPS) is 13.4. The molecule has 3 nitrogen and oxygen atoms in total. The Morgan fingerprint density at radius 3 is 2.24 bits per heavy atom. The van der Waals surface area contributed by atoms with E-state index in [-0.39, 0.29) is 5.92 Å². The molecule has 2 rings (SSSR count). The summed E-state index contributed by atoms with van der Waals surface area (Å²) in [4.78, 5) is 11.6. The number of benzene rings is 2. The molecule has 2 atom stereocenters. The summed E-state index contributed by atoms with van der Waals surface area (Å²) in [6.07, 6.45) is 0.509. The number of hydrogen-bond donors (Lipinski definition) is 1. The van der Waals surface area contributed by atoms with Gasteiger partial charge in [-0.15, -0.1) is 0 Å². The van der Waals surface area contributed by atoms with Gasteiger partial charge in [-0.2, -0.15) is 0 Å². The average molecular weight is 284 g/mol. The van der Waals surface area contributed by atoms with Gasteiger partial charge in [0, 0.05) is 0 Å². The maximum absolute atomic E-state index is 11.6. The minimum Gasteiger partial charge on any atom is -0.497 e. The Hall–Kier alpha value is -2.29. The number of rotatable bonds is 6. The molecule has 21 heavy (non-hydrogen) atoms. The van der Waals surface area contributed by atoms with Gasteiger partial charge in [-0.3, -0.25) is 4.79 Å². The van der Waals surface area contributed by atoms with Crippen LogP contribution in [0.2, 0.25) is 0 Å². The molecular formula is C18H20O3. The molecule has 2 aromatic rings. The molecule has 0 spiro atoms. The lowest BCUT2D eigenvalue weighted by Crippen LogP contribution is -2.22. The third kappa shape index (κ3) is 3.85. The number of hydrogen-bond acceptors (Lipinski definition) is 2. The minimum atomic E-state index is -0.762. The summed E-state index contributed by atoms with van der Waals surface area (Å²) in [6.45, 7) is 1.97. The smallest absolute Gasteiger partial charge is 0.307 e. The number of carboxylic acid groups (broad SMARTS) is 1. The molecule has 0 heterocycles. The first kappa shape index (κ1) is 15.1. The van der Waals surface area contributed by atoms with Gasteiger partial charge in [0.1, 0.15) is 5.75 Å². The first-order chi connectivity index (χ1) is 10.1. The molecule has 0 radical (unpaired) electrons. The summed E-state index contributed by atoms with van der Waals surface area (Å²) in [5.74, 6) is -0.462. The van der Waals surface area contributed by atoms with Gasteiger partial charge in [-0.05, 0) is 35.6 Å². The lowest BCUT2D eigenvalue weighted by molar-refractivity contribution is -0.142. The van der Waals surface area contributed by atoms with Crippen molar-refractivity contribution in [2.75, 3.05) is 7.11 Å². The third-order valence-corrected chi connectivity index (χ3v) is 3.86. The van der Waals surface area contributed by atoms with Crippen LogP contribution >= 0.6 is 0 Å². The summed E-state index contributed by atoms with van der Waals surface area (Å²) in [7, 11) is 1.62. The maximum atomic E-state index is 11.6. The van der Waals surface area contributed by atoms with Gasteiger partial charge in [0.05, 0.1) is 13.0 Å². The van der Waals surface area contributed by atoms with Gasteiger partial charge < -0.3 is 9.84 Å². The fourth-order valence-electron chi connectivity index (χ4n) is 2.48. The zero-order chi connectivity index (χ0) is 15.2. The molecule has 3 heteroatoms. The molecule has 1 N–H and O–H groups in total. The van der Waals surface area contributed by atoms with Gasteiger partial charge in [0.15, 0.2) is 0 Å². The van der Waals surface area contributed by atoms with E-state index in [0.29, 0.717) is 6.42 Å². The van der Waals surface area contributed by atoms with Gasteiger partial charge >= 0.3 is 5.97 Å². The molecule has 0 saturated carbocycles. The molecule has 110 valence electrons. The van der Waals surface area contributed by atoms with Crippen LogP contribution in [-0.2, 0) is 11.2 Å². The van der Waals surface area contributed by atoms with Gasteiger partial charge in [0.2, 0.25) is 0 Å². The van der Waals surface area contributed by atoms with Crippen LogP contribution in [0, 0.1) is 5.92 Å². The Morgan fingerprint density at radius 2 is 1.71 bits per heavy atom. The van der Waals surface area contributed by atoms with E-state index in [2.05, 4.69) is 0 Å². The lowest BCUT2D eigenvalue weighted by atomic mass is 9.83. The first-order valence-corrected chi connectivity index (χ1v) is 7.02. The van der Waals surface area contributed by atoms with E-state index in [9.17, 15) is 9.90 Å². The second kappa shape index (κ2) is 6.93. The Morgan fingerprint density at radius 1 is 1.10 bits per heavy atom. The highest BCUT2D eigenvalue weighted by atomic mass is 16.5. The van der Waals surface area contributed by atoms with Crippen molar-refractivity contribution in [1.29, 1.82) is 0 Å². The van der Waals surface area contributed by atoms with Crippen molar-refractivity contribution in [3.63, 3.8) is 0 Å². The van der Waals surface area contributed by atoms with Crippen LogP contribution in [0.4, 0.5) is 0 Å². The van der Waals surface area contributed by atoms with Crippen molar-refractivity contribution in [3.05, 3.63) is 65.7 Å². The van der Waals surface area contributed by atoms with E-state index in [0.717, 1.165) is 16.9 Å². The summed E-state index contributed by atoms with van der Waals surface area (Å²) >= 11 is 0. The van der Waals surface area contributed by atoms with Gasteiger partial charge in [-0.25, -0.2) is 0 Å². The van der Waals surface area contributed by atoms with Crippen LogP contribution < -0.4 is 4.74 Å². The van der Waals surface area contributed by atoms with Crippen LogP contribution in [-0.4, -0.2) is 18.2 Å². The third-order valence-electron chi connectivity index (χ3n) is 3.86. The van der Waals surface area contributed by atoms with Gasteiger partial charge in [-0.1, -0.05) is 49.4 Å². The second-order valence-corrected chi connectivity index (χ2v) is 5.20. The quantitative estimate of drug-likeness (QED) is 0.879. The fraction of sp³-hybridized carbons (Fsp3) is 0.278. The highest BCUT2D eigenvalue weighted by molar-refractivity contribution is 5.71. The highest BCUT2D eigenvalue weighted by Crippen LogP contribution is 2.28. The van der Waals surface area contributed by atoms with E-state index < -0.39 is 11.9 Å². The Labute approximate surface area is 125 Å². The number of carbonyl (C=O) groups is 1. The molecule has 0 aromatic heterocycles. The maximum Gasteiger partial charge on any atom is 0.307 e. The molecule has 2 unspecified atom stereocenters. The van der Waals surface area contributed by atoms with Crippen molar-refractivity contribution in [1.82, 2.24) is 0 Å². The average Bonchev–Trinajstić information content (AvgIpc) is 2.53. The summed E-state index contributed by atoms with van der Waals surface area (Å²) in [6, 6.07) is 17.4. The van der Waals surface area contributed by atoms with Crippen LogP contribution in [0.1, 0.15) is 24.0 Å². The van der Waals surface area contributed by atoms with E-state index in [1.54, 1.807) is 7.11 Å². The van der Waals surface area contributed by atoms with Crippen LogP contribution in [0.25, 0.3) is 0 Å². The molecule has 0 aliphatic carbocycles. The van der Waals surface area contributed by atoms with Crippen molar-refractivity contribution in [2.24, 2.45) is 5.92 Å². The summed E-state index contributed by atoms with van der Waals surface area (Å²) < 4.78 is 5.12. The van der Waals surface area contributed by atoms with Crippen molar-refractivity contribution in [2.45, 2.75) is 19.3 Å². The molecule has 0 amide bonds. The zero-order valence-corrected chi connectivity index (χ0v) is 12.3. The SMILES string of the molecule is COc1ccc(CC(C(=O)O)C(C)c2ccccc2)cc1. The summed E-state index contributed by atoms with van der Waals surface area (Å²) in [5.41, 5.74) is 2.06. The van der Waals surface area contributed by atoms with Crippen molar-refractivity contribution < 1.29 is 14.6 Å². The molecule has 0 fully saturated rings. The van der Waals surface area contributed by atoms with Crippen molar-refractivity contribution >= 4 is 5.97 Å². The Kier molecular flexibility index (Phi) is 4.99. The predicted octanol–water partition coefficient (Wildman–Crippen LogP) is 3.74. The first-order valence-electron chi connectivity index (χ1n) is 7.02. The van der Waals surface area contributed by atoms with Crippen LogP contribution in [0.3, 0.4) is 0 Å². The van der Waals surface area contributed by atoms with Crippen LogP contribution in [0.15, 0.2) is 54.6 Å². The number of ether oxygens (including phenoxy) is 1. The molecule has 0 aliphatic heterocycles. The largest absolute Gasteiger partial charge is 0.497 e. The fourth-order valence-corrected chi connectivity index (χ4v) is 2.48. The lowest BCUT2D eigenvalue weighted by Gasteiger charge is -2.20. The molecule has 0 bridgehead atoms. The minimum absolute atomic E-state index is 0.0363. The van der Waals surface area contributed by atoms with Crippen LogP contribution in [0.5, 0.6) is 5.75 Å². The molecular weight excluding hydrogens is 264 g/mol. The monoisotopic (exact) mass is 284 g/mol. The van der Waals surface area contributed by atoms with E-state index >= 15 is 0 Å². The zero-order valence-electron chi connectivity index (χ0n) is 12.3. The highest BCUT2D eigenvalue weighted by Gasteiger charge is 2.26. The number of methoxy groups -OCH3 is 1. The predicted molar refractivity (Wildman–Crippen MR) is 82.7 cm³/mol.